The lowest BCUT2D eigenvalue weighted by atomic mass is 10.3. The molecule has 1 fully saturated rings. The van der Waals surface area contributed by atoms with E-state index in [2.05, 4.69) is 27.5 Å². The fraction of sp³-hybridized carbons (Fsp3) is 0.667. The maximum atomic E-state index is 5.65. The number of nitrogens with one attached hydrogen (secondary N) is 2. The minimum atomic E-state index is 0.538. The Labute approximate surface area is 145 Å². The Balaban J connectivity index is 1.74. The van der Waals surface area contributed by atoms with Crippen molar-refractivity contribution in [3.63, 3.8) is 0 Å². The van der Waals surface area contributed by atoms with Gasteiger partial charge in [-0.25, -0.2) is 9.98 Å². The number of ether oxygens (including phenoxy) is 2. The molecule has 1 aliphatic carbocycles. The molecule has 0 spiro atoms. The van der Waals surface area contributed by atoms with E-state index in [1.54, 1.807) is 6.20 Å². The lowest BCUT2D eigenvalue weighted by Crippen LogP contribution is -2.38. The monoisotopic (exact) mass is 334 g/mol. The van der Waals surface area contributed by atoms with Crippen LogP contribution in [-0.2, 0) is 11.3 Å². The van der Waals surface area contributed by atoms with Gasteiger partial charge in [-0.1, -0.05) is 6.07 Å². The average molecular weight is 334 g/mol. The molecule has 0 bridgehead atoms. The summed E-state index contributed by atoms with van der Waals surface area (Å²) >= 11 is 0. The molecule has 0 radical (unpaired) electrons. The SMILES string of the molecule is CCNC(=NCc1cccnc1OCC)NCCCOCC1CC1. The predicted molar refractivity (Wildman–Crippen MR) is 96.4 cm³/mol. The number of nitrogens with zero attached hydrogens (tertiary/aromatic N) is 2. The fourth-order valence-electron chi connectivity index (χ4n) is 2.23. The number of pyridine rings is 1. The first-order valence-corrected chi connectivity index (χ1v) is 9.00. The van der Waals surface area contributed by atoms with Crippen molar-refractivity contribution in [3.8, 4) is 5.88 Å². The van der Waals surface area contributed by atoms with Crippen LogP contribution < -0.4 is 15.4 Å². The van der Waals surface area contributed by atoms with E-state index in [4.69, 9.17) is 9.47 Å². The van der Waals surface area contributed by atoms with Crippen molar-refractivity contribution in [3.05, 3.63) is 23.9 Å². The molecule has 0 amide bonds. The van der Waals surface area contributed by atoms with Gasteiger partial charge in [0, 0.05) is 38.1 Å². The Morgan fingerprint density at radius 3 is 2.96 bits per heavy atom. The van der Waals surface area contributed by atoms with E-state index in [9.17, 15) is 0 Å². The average Bonchev–Trinajstić information content (AvgIpc) is 3.41. The molecule has 6 nitrogen and oxygen atoms in total. The number of rotatable bonds is 11. The van der Waals surface area contributed by atoms with Gasteiger partial charge in [0.05, 0.1) is 13.2 Å². The standard InChI is InChI=1S/C18H30N4O2/c1-3-19-18(21-11-6-12-23-14-15-8-9-15)22-13-16-7-5-10-20-17(16)24-4-2/h5,7,10,15H,3-4,6,8-9,11-14H2,1-2H3,(H2,19,21,22). The predicted octanol–water partition coefficient (Wildman–Crippen LogP) is 2.35. The van der Waals surface area contributed by atoms with Crippen LogP contribution in [0.15, 0.2) is 23.3 Å². The summed E-state index contributed by atoms with van der Waals surface area (Å²) in [5.41, 5.74) is 0.990. The van der Waals surface area contributed by atoms with Crippen LogP contribution in [0.3, 0.4) is 0 Å². The number of guanidine groups is 1. The van der Waals surface area contributed by atoms with E-state index in [0.29, 0.717) is 19.0 Å². The molecule has 24 heavy (non-hydrogen) atoms. The number of hydrogen-bond acceptors (Lipinski definition) is 4. The Morgan fingerprint density at radius 2 is 2.21 bits per heavy atom. The zero-order chi connectivity index (χ0) is 17.0. The third-order valence-corrected chi connectivity index (χ3v) is 3.69. The van der Waals surface area contributed by atoms with E-state index >= 15 is 0 Å². The van der Waals surface area contributed by atoms with Gasteiger partial charge in [-0.3, -0.25) is 0 Å². The molecular weight excluding hydrogens is 304 g/mol. The highest BCUT2D eigenvalue weighted by Crippen LogP contribution is 2.28. The molecule has 1 saturated carbocycles. The summed E-state index contributed by atoms with van der Waals surface area (Å²) in [6.07, 6.45) is 5.40. The van der Waals surface area contributed by atoms with Crippen molar-refractivity contribution >= 4 is 5.96 Å². The van der Waals surface area contributed by atoms with Crippen molar-refractivity contribution in [2.45, 2.75) is 39.7 Å². The zero-order valence-electron chi connectivity index (χ0n) is 14.9. The van der Waals surface area contributed by atoms with Gasteiger partial charge >= 0.3 is 0 Å². The first kappa shape index (κ1) is 18.5. The Morgan fingerprint density at radius 1 is 1.33 bits per heavy atom. The molecule has 0 saturated heterocycles. The van der Waals surface area contributed by atoms with Gasteiger partial charge in [0.2, 0.25) is 5.88 Å². The minimum Gasteiger partial charge on any atom is -0.478 e. The van der Waals surface area contributed by atoms with Gasteiger partial charge in [0.15, 0.2) is 5.96 Å². The van der Waals surface area contributed by atoms with Crippen molar-refractivity contribution in [2.24, 2.45) is 10.9 Å². The number of aliphatic imine (C=N–C) groups is 1. The molecule has 0 aliphatic heterocycles. The van der Waals surface area contributed by atoms with E-state index in [1.165, 1.54) is 12.8 Å². The Bertz CT molecular complexity index is 504. The second-order valence-electron chi connectivity index (χ2n) is 5.89. The summed E-state index contributed by atoms with van der Waals surface area (Å²) in [6, 6.07) is 3.90. The molecule has 2 rings (SSSR count). The molecule has 0 unspecified atom stereocenters. The third-order valence-electron chi connectivity index (χ3n) is 3.69. The van der Waals surface area contributed by atoms with Crippen LogP contribution in [0.2, 0.25) is 0 Å². The van der Waals surface area contributed by atoms with Crippen LogP contribution in [0, 0.1) is 5.92 Å². The van der Waals surface area contributed by atoms with Gasteiger partial charge in [-0.15, -0.1) is 0 Å². The molecular formula is C18H30N4O2. The fourth-order valence-corrected chi connectivity index (χ4v) is 2.23. The Hall–Kier alpha value is -1.82. The van der Waals surface area contributed by atoms with Crippen LogP contribution in [0.25, 0.3) is 0 Å². The second-order valence-corrected chi connectivity index (χ2v) is 5.89. The van der Waals surface area contributed by atoms with Crippen molar-refractivity contribution < 1.29 is 9.47 Å². The highest BCUT2D eigenvalue weighted by atomic mass is 16.5. The van der Waals surface area contributed by atoms with Crippen LogP contribution in [0.4, 0.5) is 0 Å². The summed E-state index contributed by atoms with van der Waals surface area (Å²) in [4.78, 5) is 8.87. The first-order chi connectivity index (χ1) is 11.8. The summed E-state index contributed by atoms with van der Waals surface area (Å²) in [5, 5.41) is 6.60. The zero-order valence-corrected chi connectivity index (χ0v) is 14.9. The normalized spacial score (nSPS) is 14.5. The molecule has 1 aliphatic rings. The number of hydrogen-bond donors (Lipinski definition) is 2. The molecule has 1 heterocycles. The summed E-state index contributed by atoms with van der Waals surface area (Å²) in [5.74, 6) is 2.30. The molecule has 6 heteroatoms. The van der Waals surface area contributed by atoms with E-state index < -0.39 is 0 Å². The van der Waals surface area contributed by atoms with Crippen molar-refractivity contribution in [1.82, 2.24) is 15.6 Å². The van der Waals surface area contributed by atoms with Crippen molar-refractivity contribution in [2.75, 3.05) is 32.9 Å². The lowest BCUT2D eigenvalue weighted by Gasteiger charge is -2.12. The third kappa shape index (κ3) is 7.17. The molecule has 0 aromatic carbocycles. The van der Waals surface area contributed by atoms with E-state index in [1.807, 2.05) is 19.1 Å². The van der Waals surface area contributed by atoms with E-state index in [-0.39, 0.29) is 0 Å². The largest absolute Gasteiger partial charge is 0.478 e. The summed E-state index contributed by atoms with van der Waals surface area (Å²) in [6.45, 7) is 8.57. The van der Waals surface area contributed by atoms with Gasteiger partial charge in [-0.05, 0) is 45.1 Å². The lowest BCUT2D eigenvalue weighted by molar-refractivity contribution is 0.123. The van der Waals surface area contributed by atoms with Gasteiger partial charge < -0.3 is 20.1 Å². The molecule has 1 aromatic rings. The maximum absolute atomic E-state index is 5.65. The molecule has 1 aromatic heterocycles. The Kier molecular flexibility index (Phi) is 8.38. The van der Waals surface area contributed by atoms with Crippen LogP contribution in [0.1, 0.15) is 38.7 Å². The van der Waals surface area contributed by atoms with Gasteiger partial charge in [-0.2, -0.15) is 0 Å². The van der Waals surface area contributed by atoms with Crippen LogP contribution in [0.5, 0.6) is 5.88 Å². The van der Waals surface area contributed by atoms with Gasteiger partial charge in [0.25, 0.3) is 0 Å². The van der Waals surface area contributed by atoms with Gasteiger partial charge in [0.1, 0.15) is 0 Å². The minimum absolute atomic E-state index is 0.538. The van der Waals surface area contributed by atoms with Crippen LogP contribution >= 0.6 is 0 Å². The first-order valence-electron chi connectivity index (χ1n) is 9.00. The molecule has 134 valence electrons. The summed E-state index contributed by atoms with van der Waals surface area (Å²) in [7, 11) is 0. The maximum Gasteiger partial charge on any atom is 0.218 e. The number of aromatic nitrogens is 1. The van der Waals surface area contributed by atoms with Crippen LogP contribution in [-0.4, -0.2) is 43.9 Å². The smallest absolute Gasteiger partial charge is 0.218 e. The second kappa shape index (κ2) is 10.9. The highest BCUT2D eigenvalue weighted by molar-refractivity contribution is 5.79. The van der Waals surface area contributed by atoms with Crippen molar-refractivity contribution in [1.29, 1.82) is 0 Å². The topological polar surface area (TPSA) is 67.8 Å². The summed E-state index contributed by atoms with van der Waals surface area (Å²) < 4.78 is 11.2. The quantitative estimate of drug-likeness (QED) is 0.369. The molecule has 0 atom stereocenters. The highest BCUT2D eigenvalue weighted by Gasteiger charge is 2.20. The van der Waals surface area contributed by atoms with E-state index in [0.717, 1.165) is 50.2 Å². The molecule has 2 N–H and O–H groups in total.